The molecule has 112 valence electrons. The van der Waals surface area contributed by atoms with Crippen LogP contribution in [-0.4, -0.2) is 20.4 Å². The third kappa shape index (κ3) is 3.59. The second-order valence-corrected chi connectivity index (χ2v) is 6.56. The summed E-state index contributed by atoms with van der Waals surface area (Å²) in [5, 5.41) is 3.04. The third-order valence-electron chi connectivity index (χ3n) is 3.28. The predicted molar refractivity (Wildman–Crippen MR) is 83.7 cm³/mol. The van der Waals surface area contributed by atoms with Gasteiger partial charge in [-0.05, 0) is 55.8 Å². The lowest BCUT2D eigenvalue weighted by Gasteiger charge is -2.14. The number of nitrogens with zero attached hydrogens (tertiary/aromatic N) is 1. The van der Waals surface area contributed by atoms with Gasteiger partial charge in [0.2, 0.25) is 0 Å². The van der Waals surface area contributed by atoms with E-state index in [1.165, 1.54) is 0 Å². The summed E-state index contributed by atoms with van der Waals surface area (Å²) in [6.07, 6.45) is 3.10. The number of hydrogen-bond donors (Lipinski definition) is 2. The normalized spacial score (nSPS) is 11.4. The molecule has 2 rings (SSSR count). The molecule has 6 heteroatoms. The number of aromatic nitrogens is 1. The fourth-order valence-electron chi connectivity index (χ4n) is 2.11. The topological polar surface area (TPSA) is 71.1 Å². The molecular weight excluding hydrogens is 286 g/mol. The molecule has 0 saturated heterocycles. The van der Waals surface area contributed by atoms with E-state index >= 15 is 0 Å². The van der Waals surface area contributed by atoms with Crippen LogP contribution in [0.1, 0.15) is 16.7 Å². The molecule has 0 aliphatic heterocycles. The molecule has 21 heavy (non-hydrogen) atoms. The Labute approximate surface area is 125 Å². The van der Waals surface area contributed by atoms with E-state index in [1.54, 1.807) is 30.6 Å². The fourth-order valence-corrected chi connectivity index (χ4v) is 3.54. The van der Waals surface area contributed by atoms with Gasteiger partial charge in [-0.3, -0.25) is 9.71 Å². The maximum Gasteiger partial charge on any atom is 0.262 e. The highest BCUT2D eigenvalue weighted by atomic mass is 32.2. The van der Waals surface area contributed by atoms with Crippen molar-refractivity contribution in [3.05, 3.63) is 53.3 Å². The molecule has 1 aromatic heterocycles. The maximum absolute atomic E-state index is 12.6. The molecule has 0 saturated carbocycles. The van der Waals surface area contributed by atoms with Gasteiger partial charge in [0.05, 0.1) is 10.6 Å². The van der Waals surface area contributed by atoms with Gasteiger partial charge in [0.25, 0.3) is 10.0 Å². The Kier molecular flexibility index (Phi) is 4.59. The van der Waals surface area contributed by atoms with E-state index in [-0.39, 0.29) is 0 Å². The number of hydrogen-bond acceptors (Lipinski definition) is 4. The second-order valence-electron chi connectivity index (χ2n) is 4.91. The molecule has 0 atom stereocenters. The van der Waals surface area contributed by atoms with E-state index in [2.05, 4.69) is 15.0 Å². The summed E-state index contributed by atoms with van der Waals surface area (Å²) < 4.78 is 27.7. The number of nitrogens with one attached hydrogen (secondary N) is 2. The van der Waals surface area contributed by atoms with E-state index in [0.29, 0.717) is 17.1 Å². The largest absolute Gasteiger partial charge is 0.316 e. The molecule has 5 nitrogen and oxygen atoms in total. The van der Waals surface area contributed by atoms with Crippen LogP contribution in [0.2, 0.25) is 0 Å². The molecule has 0 aliphatic carbocycles. The Balaban J connectivity index is 2.44. The minimum Gasteiger partial charge on any atom is -0.316 e. The van der Waals surface area contributed by atoms with Gasteiger partial charge < -0.3 is 5.32 Å². The van der Waals surface area contributed by atoms with Crippen molar-refractivity contribution in [2.75, 3.05) is 11.8 Å². The van der Waals surface area contributed by atoms with E-state index in [0.717, 1.165) is 16.7 Å². The van der Waals surface area contributed by atoms with Gasteiger partial charge in [0.15, 0.2) is 0 Å². The highest BCUT2D eigenvalue weighted by molar-refractivity contribution is 7.92. The van der Waals surface area contributed by atoms with Crippen molar-refractivity contribution in [1.82, 2.24) is 10.3 Å². The quantitative estimate of drug-likeness (QED) is 0.888. The third-order valence-corrected chi connectivity index (χ3v) is 4.79. The van der Waals surface area contributed by atoms with Crippen LogP contribution < -0.4 is 10.0 Å². The summed E-state index contributed by atoms with van der Waals surface area (Å²) >= 11 is 0. The van der Waals surface area contributed by atoms with Crippen LogP contribution in [0.15, 0.2) is 41.6 Å². The number of aryl methyl sites for hydroxylation is 1. The Morgan fingerprint density at radius 1 is 1.14 bits per heavy atom. The van der Waals surface area contributed by atoms with E-state index in [1.807, 2.05) is 27.0 Å². The van der Waals surface area contributed by atoms with Crippen LogP contribution in [0.25, 0.3) is 0 Å². The number of anilines is 1. The first-order chi connectivity index (χ1) is 9.94. The van der Waals surface area contributed by atoms with Gasteiger partial charge in [0.1, 0.15) is 0 Å². The van der Waals surface area contributed by atoms with Crippen LogP contribution in [-0.2, 0) is 16.6 Å². The lowest BCUT2D eigenvalue weighted by Crippen LogP contribution is -2.16. The van der Waals surface area contributed by atoms with Crippen LogP contribution in [0.4, 0.5) is 5.69 Å². The zero-order valence-corrected chi connectivity index (χ0v) is 13.2. The summed E-state index contributed by atoms with van der Waals surface area (Å²) in [5.41, 5.74) is 3.16. The van der Waals surface area contributed by atoms with E-state index in [9.17, 15) is 8.42 Å². The standard InChI is InChI=1S/C15H19N3O2S/c1-11-8-13(10-16-3)9-15(12(11)2)21(19,20)18-14-4-6-17-7-5-14/h4-9,16H,10H2,1-3H3,(H,17,18). The maximum atomic E-state index is 12.6. The van der Waals surface area contributed by atoms with Crippen LogP contribution in [0.3, 0.4) is 0 Å². The Morgan fingerprint density at radius 2 is 1.81 bits per heavy atom. The Morgan fingerprint density at radius 3 is 2.43 bits per heavy atom. The average Bonchev–Trinajstić information content (AvgIpc) is 2.43. The van der Waals surface area contributed by atoms with Crippen molar-refractivity contribution < 1.29 is 8.42 Å². The monoisotopic (exact) mass is 305 g/mol. The SMILES string of the molecule is CNCc1cc(C)c(C)c(S(=O)(=O)Nc2ccncc2)c1. The molecule has 0 bridgehead atoms. The average molecular weight is 305 g/mol. The lowest BCUT2D eigenvalue weighted by molar-refractivity contribution is 0.600. The molecule has 2 N–H and O–H groups in total. The van der Waals surface area contributed by atoms with Crippen LogP contribution in [0, 0.1) is 13.8 Å². The molecular formula is C15H19N3O2S. The number of benzene rings is 1. The first-order valence-corrected chi connectivity index (χ1v) is 8.10. The number of pyridine rings is 1. The zero-order valence-electron chi connectivity index (χ0n) is 12.3. The van der Waals surface area contributed by atoms with E-state index in [4.69, 9.17) is 0 Å². The first kappa shape index (κ1) is 15.5. The summed E-state index contributed by atoms with van der Waals surface area (Å²) in [6, 6.07) is 6.95. The number of sulfonamides is 1. The predicted octanol–water partition coefficient (Wildman–Crippen LogP) is 2.22. The highest BCUT2D eigenvalue weighted by Crippen LogP contribution is 2.23. The molecule has 0 unspecified atom stereocenters. The summed E-state index contributed by atoms with van der Waals surface area (Å²) in [5.74, 6) is 0. The number of rotatable bonds is 5. The van der Waals surface area contributed by atoms with Gasteiger partial charge in [-0.15, -0.1) is 0 Å². The van der Waals surface area contributed by atoms with Gasteiger partial charge in [-0.25, -0.2) is 8.42 Å². The Bertz CT molecular complexity index is 728. The molecule has 0 amide bonds. The molecule has 0 fully saturated rings. The molecule has 2 aromatic rings. The zero-order chi connectivity index (χ0) is 15.5. The van der Waals surface area contributed by atoms with Gasteiger partial charge in [-0.1, -0.05) is 6.07 Å². The van der Waals surface area contributed by atoms with Crippen molar-refractivity contribution in [1.29, 1.82) is 0 Å². The second kappa shape index (κ2) is 6.24. The molecule has 0 radical (unpaired) electrons. The highest BCUT2D eigenvalue weighted by Gasteiger charge is 2.19. The summed E-state index contributed by atoms with van der Waals surface area (Å²) in [7, 11) is -1.78. The lowest BCUT2D eigenvalue weighted by atomic mass is 10.1. The Hall–Kier alpha value is -1.92. The minimum atomic E-state index is -3.61. The molecule has 0 aliphatic rings. The molecule has 1 heterocycles. The summed E-state index contributed by atoms with van der Waals surface area (Å²) in [4.78, 5) is 4.18. The van der Waals surface area contributed by atoms with Crippen LogP contribution in [0.5, 0.6) is 0 Å². The molecule has 0 spiro atoms. The minimum absolute atomic E-state index is 0.310. The summed E-state index contributed by atoms with van der Waals surface area (Å²) in [6.45, 7) is 4.36. The van der Waals surface area contributed by atoms with Crippen molar-refractivity contribution in [2.45, 2.75) is 25.3 Å². The first-order valence-electron chi connectivity index (χ1n) is 6.61. The van der Waals surface area contributed by atoms with Crippen molar-refractivity contribution >= 4 is 15.7 Å². The van der Waals surface area contributed by atoms with Crippen LogP contribution >= 0.6 is 0 Å². The van der Waals surface area contributed by atoms with Crippen molar-refractivity contribution in [3.8, 4) is 0 Å². The van der Waals surface area contributed by atoms with Gasteiger partial charge >= 0.3 is 0 Å². The fraction of sp³-hybridized carbons (Fsp3) is 0.267. The van der Waals surface area contributed by atoms with E-state index < -0.39 is 10.0 Å². The van der Waals surface area contributed by atoms with Gasteiger partial charge in [-0.2, -0.15) is 0 Å². The van der Waals surface area contributed by atoms with Crippen molar-refractivity contribution in [2.24, 2.45) is 0 Å². The smallest absolute Gasteiger partial charge is 0.262 e. The van der Waals surface area contributed by atoms with Gasteiger partial charge in [0, 0.05) is 18.9 Å². The van der Waals surface area contributed by atoms with Crippen molar-refractivity contribution in [3.63, 3.8) is 0 Å². The molecule has 1 aromatic carbocycles.